The lowest BCUT2D eigenvalue weighted by atomic mass is 10.0. The Morgan fingerprint density at radius 2 is 2.16 bits per heavy atom. The van der Waals surface area contributed by atoms with Crippen LogP contribution in [0, 0.1) is 5.92 Å². The number of aromatic nitrogens is 1. The van der Waals surface area contributed by atoms with E-state index in [1.807, 2.05) is 6.07 Å². The fourth-order valence-corrected chi connectivity index (χ4v) is 2.57. The van der Waals surface area contributed by atoms with E-state index in [2.05, 4.69) is 20.6 Å². The van der Waals surface area contributed by atoms with Gasteiger partial charge in [0.25, 0.3) is 0 Å². The molecule has 6 nitrogen and oxygen atoms in total. The van der Waals surface area contributed by atoms with Crippen molar-refractivity contribution in [3.63, 3.8) is 0 Å². The summed E-state index contributed by atoms with van der Waals surface area (Å²) in [6.07, 6.45) is 4.95. The van der Waals surface area contributed by atoms with Crippen LogP contribution < -0.4 is 10.6 Å². The van der Waals surface area contributed by atoms with Crippen LogP contribution in [0.1, 0.15) is 24.8 Å². The number of ether oxygens (including phenoxy) is 2. The number of hydrogen-bond acceptors (Lipinski definition) is 4. The Labute approximate surface area is 172 Å². The number of rotatable bonds is 8. The van der Waals surface area contributed by atoms with Gasteiger partial charge in [-0.25, -0.2) is 4.98 Å². The Balaban J connectivity index is 0.00000312. The van der Waals surface area contributed by atoms with E-state index in [0.29, 0.717) is 17.6 Å². The highest BCUT2D eigenvalue weighted by Gasteiger charge is 2.13. The Bertz CT molecular complexity index is 496. The van der Waals surface area contributed by atoms with Gasteiger partial charge < -0.3 is 20.1 Å². The molecule has 0 unspecified atom stereocenters. The highest BCUT2D eigenvalue weighted by atomic mass is 127. The molecule has 1 aromatic heterocycles. The van der Waals surface area contributed by atoms with Gasteiger partial charge in [-0.05, 0) is 36.8 Å². The van der Waals surface area contributed by atoms with Crippen molar-refractivity contribution < 1.29 is 9.47 Å². The number of guanidine groups is 1. The van der Waals surface area contributed by atoms with Gasteiger partial charge in [-0.2, -0.15) is 0 Å². The second-order valence-electron chi connectivity index (χ2n) is 5.83. The Morgan fingerprint density at radius 1 is 1.36 bits per heavy atom. The van der Waals surface area contributed by atoms with Crippen LogP contribution in [0.3, 0.4) is 0 Å². The van der Waals surface area contributed by atoms with Crippen molar-refractivity contribution in [2.75, 3.05) is 40.0 Å². The Morgan fingerprint density at radius 3 is 2.84 bits per heavy atom. The van der Waals surface area contributed by atoms with Gasteiger partial charge in [0, 0.05) is 52.8 Å². The lowest BCUT2D eigenvalue weighted by molar-refractivity contribution is 0.0203. The number of pyridine rings is 1. The maximum absolute atomic E-state index is 5.78. The third-order valence-electron chi connectivity index (χ3n) is 3.92. The zero-order valence-electron chi connectivity index (χ0n) is 14.7. The quantitative estimate of drug-likeness (QED) is 0.196. The van der Waals surface area contributed by atoms with E-state index in [0.717, 1.165) is 63.8 Å². The minimum Gasteiger partial charge on any atom is -0.381 e. The van der Waals surface area contributed by atoms with Crippen molar-refractivity contribution in [3.8, 4) is 0 Å². The maximum Gasteiger partial charge on any atom is 0.191 e. The first kappa shape index (κ1) is 22.4. The first-order chi connectivity index (χ1) is 11.8. The molecule has 2 N–H and O–H groups in total. The van der Waals surface area contributed by atoms with Crippen LogP contribution in [0.4, 0.5) is 0 Å². The van der Waals surface area contributed by atoms with Gasteiger partial charge >= 0.3 is 0 Å². The molecule has 1 saturated heterocycles. The molecular formula is C17H28ClIN4O2. The second kappa shape index (κ2) is 13.5. The molecule has 0 aliphatic carbocycles. The van der Waals surface area contributed by atoms with Crippen LogP contribution in [0.15, 0.2) is 23.3 Å². The van der Waals surface area contributed by atoms with Crippen molar-refractivity contribution in [1.29, 1.82) is 0 Å². The van der Waals surface area contributed by atoms with E-state index in [9.17, 15) is 0 Å². The molecule has 0 amide bonds. The van der Waals surface area contributed by atoms with Gasteiger partial charge in [-0.15, -0.1) is 24.0 Å². The highest BCUT2D eigenvalue weighted by molar-refractivity contribution is 14.0. The van der Waals surface area contributed by atoms with Gasteiger partial charge in [0.2, 0.25) is 0 Å². The van der Waals surface area contributed by atoms with Gasteiger partial charge in [-0.1, -0.05) is 17.7 Å². The van der Waals surface area contributed by atoms with Crippen LogP contribution in [-0.2, 0) is 16.0 Å². The SMILES string of the molecule is CN=C(NCCCOCC1CCOCC1)NCc1ccc(Cl)nc1.I. The molecule has 0 bridgehead atoms. The van der Waals surface area contributed by atoms with Gasteiger partial charge in [0.1, 0.15) is 5.15 Å². The van der Waals surface area contributed by atoms with Crippen LogP contribution in [0.5, 0.6) is 0 Å². The van der Waals surface area contributed by atoms with Crippen molar-refractivity contribution in [2.45, 2.75) is 25.8 Å². The topological polar surface area (TPSA) is 67.8 Å². The molecule has 2 heterocycles. The van der Waals surface area contributed by atoms with Crippen LogP contribution in [0.25, 0.3) is 0 Å². The fourth-order valence-electron chi connectivity index (χ4n) is 2.46. The van der Waals surface area contributed by atoms with Gasteiger partial charge in [-0.3, -0.25) is 4.99 Å². The first-order valence-corrected chi connectivity index (χ1v) is 8.86. The summed E-state index contributed by atoms with van der Waals surface area (Å²) in [7, 11) is 1.76. The molecule has 0 aromatic carbocycles. The molecule has 8 heteroatoms. The standard InChI is InChI=1S/C17H27ClN4O2.HI/c1-19-17(22-12-15-3-4-16(18)21-11-15)20-7-2-8-24-13-14-5-9-23-10-6-14;/h3-4,11,14H,2,5-10,12-13H2,1H3,(H2,19,20,22);1H. The number of nitrogens with zero attached hydrogens (tertiary/aromatic N) is 2. The minimum atomic E-state index is 0. The molecule has 0 radical (unpaired) electrons. The molecule has 2 rings (SSSR count). The summed E-state index contributed by atoms with van der Waals surface area (Å²) in [5.74, 6) is 1.43. The van der Waals surface area contributed by atoms with E-state index in [1.165, 1.54) is 0 Å². The summed E-state index contributed by atoms with van der Waals surface area (Å²) in [5, 5.41) is 7.03. The normalized spacial score (nSPS) is 15.5. The molecule has 1 aliphatic heterocycles. The Kier molecular flexibility index (Phi) is 12.1. The third kappa shape index (κ3) is 9.58. The van der Waals surface area contributed by atoms with Gasteiger partial charge in [0.15, 0.2) is 5.96 Å². The van der Waals surface area contributed by atoms with E-state index >= 15 is 0 Å². The number of nitrogens with one attached hydrogen (secondary N) is 2. The molecule has 1 aliphatic rings. The molecule has 0 atom stereocenters. The van der Waals surface area contributed by atoms with E-state index < -0.39 is 0 Å². The highest BCUT2D eigenvalue weighted by Crippen LogP contribution is 2.14. The van der Waals surface area contributed by atoms with E-state index in [1.54, 1.807) is 19.3 Å². The molecule has 0 saturated carbocycles. The Hall–Kier alpha value is -0.640. The predicted octanol–water partition coefficient (Wildman–Crippen LogP) is 2.85. The zero-order chi connectivity index (χ0) is 17.0. The summed E-state index contributed by atoms with van der Waals surface area (Å²) >= 11 is 5.78. The molecule has 142 valence electrons. The maximum atomic E-state index is 5.78. The molecule has 1 aromatic rings. The zero-order valence-corrected chi connectivity index (χ0v) is 17.8. The summed E-state index contributed by atoms with van der Waals surface area (Å²) in [5.41, 5.74) is 1.06. The molecular weight excluding hydrogens is 455 g/mol. The number of aliphatic imine (C=N–C) groups is 1. The smallest absolute Gasteiger partial charge is 0.191 e. The first-order valence-electron chi connectivity index (χ1n) is 8.48. The lowest BCUT2D eigenvalue weighted by Crippen LogP contribution is -2.37. The second-order valence-corrected chi connectivity index (χ2v) is 6.21. The number of halogens is 2. The predicted molar refractivity (Wildman–Crippen MR) is 112 cm³/mol. The van der Waals surface area contributed by atoms with Crippen molar-refractivity contribution >= 4 is 41.5 Å². The summed E-state index contributed by atoms with van der Waals surface area (Å²) < 4.78 is 11.1. The summed E-state index contributed by atoms with van der Waals surface area (Å²) in [6.45, 7) is 4.85. The van der Waals surface area contributed by atoms with Crippen molar-refractivity contribution in [1.82, 2.24) is 15.6 Å². The van der Waals surface area contributed by atoms with Gasteiger partial charge in [0.05, 0.1) is 0 Å². The third-order valence-corrected chi connectivity index (χ3v) is 4.15. The van der Waals surface area contributed by atoms with E-state index in [-0.39, 0.29) is 24.0 Å². The molecule has 1 fully saturated rings. The van der Waals surface area contributed by atoms with Crippen LogP contribution in [0.2, 0.25) is 5.15 Å². The average molecular weight is 483 g/mol. The van der Waals surface area contributed by atoms with E-state index in [4.69, 9.17) is 21.1 Å². The fraction of sp³-hybridized carbons (Fsp3) is 0.647. The summed E-state index contributed by atoms with van der Waals surface area (Å²) in [4.78, 5) is 8.26. The largest absolute Gasteiger partial charge is 0.381 e. The lowest BCUT2D eigenvalue weighted by Gasteiger charge is -2.21. The molecule has 25 heavy (non-hydrogen) atoms. The van der Waals surface area contributed by atoms with Crippen LogP contribution in [-0.4, -0.2) is 51.0 Å². The van der Waals surface area contributed by atoms with Crippen LogP contribution >= 0.6 is 35.6 Å². The average Bonchev–Trinajstić information content (AvgIpc) is 2.63. The molecule has 0 spiro atoms. The minimum absolute atomic E-state index is 0. The number of hydrogen-bond donors (Lipinski definition) is 2. The van der Waals surface area contributed by atoms with Crippen molar-refractivity contribution in [2.24, 2.45) is 10.9 Å². The monoisotopic (exact) mass is 482 g/mol. The van der Waals surface area contributed by atoms with Crippen molar-refractivity contribution in [3.05, 3.63) is 29.0 Å². The summed E-state index contributed by atoms with van der Waals surface area (Å²) in [6, 6.07) is 3.73.